The average Bonchev–Trinajstić information content (AvgIpc) is 3.24. The molecule has 0 saturated carbocycles. The molecule has 1 aliphatic heterocycles. The number of thiazole rings is 1. The van der Waals surface area contributed by atoms with Crippen molar-refractivity contribution in [3.8, 4) is 0 Å². The lowest BCUT2D eigenvalue weighted by Crippen LogP contribution is -2.41. The molecule has 2 N–H and O–H groups in total. The maximum atomic E-state index is 12.2. The number of aromatic carboxylic acids is 1. The highest BCUT2D eigenvalue weighted by atomic mass is 32.2. The third-order valence-electron chi connectivity index (χ3n) is 4.50. The van der Waals surface area contributed by atoms with Crippen molar-refractivity contribution in [1.29, 1.82) is 0 Å². The molecule has 1 fully saturated rings. The van der Waals surface area contributed by atoms with Crippen molar-refractivity contribution in [2.75, 3.05) is 18.8 Å². The molecular formula is C19H23N3O3S2. The molecule has 1 aliphatic rings. The number of nitrogens with one attached hydrogen (secondary N) is 1. The van der Waals surface area contributed by atoms with Gasteiger partial charge in [0.15, 0.2) is 10.0 Å². The number of amides is 1. The zero-order valence-electron chi connectivity index (χ0n) is 15.2. The van der Waals surface area contributed by atoms with Gasteiger partial charge in [-0.1, -0.05) is 41.6 Å². The third kappa shape index (κ3) is 5.54. The van der Waals surface area contributed by atoms with Crippen LogP contribution in [0.3, 0.4) is 0 Å². The van der Waals surface area contributed by atoms with Crippen molar-refractivity contribution in [3.63, 3.8) is 0 Å². The van der Waals surface area contributed by atoms with Gasteiger partial charge in [-0.15, -0.1) is 11.3 Å². The molecule has 0 spiro atoms. The van der Waals surface area contributed by atoms with Crippen molar-refractivity contribution < 1.29 is 14.7 Å². The number of thioether (sulfide) groups is 1. The molecule has 2 aromatic rings. The summed E-state index contributed by atoms with van der Waals surface area (Å²) in [7, 11) is 0. The van der Waals surface area contributed by atoms with Gasteiger partial charge in [-0.25, -0.2) is 9.78 Å². The maximum Gasteiger partial charge on any atom is 0.355 e. The molecule has 1 saturated heterocycles. The van der Waals surface area contributed by atoms with E-state index < -0.39 is 5.97 Å². The molecule has 144 valence electrons. The summed E-state index contributed by atoms with van der Waals surface area (Å²) in [6.45, 7) is 4.32. The minimum absolute atomic E-state index is 0.0815. The smallest absolute Gasteiger partial charge is 0.355 e. The zero-order chi connectivity index (χ0) is 19.2. The predicted molar refractivity (Wildman–Crippen MR) is 107 cm³/mol. The van der Waals surface area contributed by atoms with Crippen molar-refractivity contribution in [2.45, 2.75) is 36.7 Å². The fraction of sp³-hybridized carbons (Fsp3) is 0.421. The Morgan fingerprint density at radius 2 is 2.33 bits per heavy atom. The normalized spacial score (nSPS) is 16.9. The lowest BCUT2D eigenvalue weighted by molar-refractivity contribution is -0.128. The maximum absolute atomic E-state index is 12.2. The van der Waals surface area contributed by atoms with Crippen LogP contribution in [0, 0.1) is 6.92 Å². The van der Waals surface area contributed by atoms with Crippen LogP contribution in [-0.2, 0) is 11.3 Å². The van der Waals surface area contributed by atoms with Crippen molar-refractivity contribution in [3.05, 3.63) is 46.5 Å². The van der Waals surface area contributed by atoms with E-state index in [0.717, 1.165) is 23.8 Å². The molecule has 3 rings (SSSR count). The Bertz CT molecular complexity index is 809. The number of nitrogens with zero attached hydrogens (tertiary/aromatic N) is 2. The molecule has 8 heteroatoms. The van der Waals surface area contributed by atoms with Gasteiger partial charge in [-0.3, -0.25) is 4.79 Å². The van der Waals surface area contributed by atoms with Crippen LogP contribution in [0.15, 0.2) is 34.0 Å². The van der Waals surface area contributed by atoms with E-state index in [0.29, 0.717) is 18.7 Å². The van der Waals surface area contributed by atoms with Crippen LogP contribution in [0.4, 0.5) is 0 Å². The Labute approximate surface area is 167 Å². The predicted octanol–water partition coefficient (Wildman–Crippen LogP) is 3.02. The number of aryl methyl sites for hydroxylation is 1. The molecule has 0 bridgehead atoms. The first-order chi connectivity index (χ1) is 13.0. The van der Waals surface area contributed by atoms with Gasteiger partial charge in [-0.05, 0) is 18.9 Å². The SMILES string of the molecule is Cc1cccc(CNCC2CCC(=O)N2CCSc2nc(C(=O)O)cs2)c1. The van der Waals surface area contributed by atoms with Gasteiger partial charge in [0, 0.05) is 43.2 Å². The minimum atomic E-state index is -1.01. The molecule has 1 unspecified atom stereocenters. The Balaban J connectivity index is 1.45. The number of benzene rings is 1. The van der Waals surface area contributed by atoms with Crippen LogP contribution in [-0.4, -0.2) is 51.8 Å². The van der Waals surface area contributed by atoms with Crippen LogP contribution in [0.2, 0.25) is 0 Å². The summed E-state index contributed by atoms with van der Waals surface area (Å²) < 4.78 is 0.730. The van der Waals surface area contributed by atoms with E-state index in [9.17, 15) is 9.59 Å². The number of carboxylic acid groups (broad SMARTS) is 1. The van der Waals surface area contributed by atoms with Crippen molar-refractivity contribution >= 4 is 35.0 Å². The molecule has 1 aromatic heterocycles. The summed E-state index contributed by atoms with van der Waals surface area (Å²) >= 11 is 2.83. The van der Waals surface area contributed by atoms with Gasteiger partial charge in [-0.2, -0.15) is 0 Å². The molecule has 1 atom stereocenters. The molecule has 27 heavy (non-hydrogen) atoms. The van der Waals surface area contributed by atoms with E-state index in [4.69, 9.17) is 5.11 Å². The zero-order valence-corrected chi connectivity index (χ0v) is 16.8. The summed E-state index contributed by atoms with van der Waals surface area (Å²) in [5.41, 5.74) is 2.58. The van der Waals surface area contributed by atoms with Gasteiger partial charge < -0.3 is 15.3 Å². The fourth-order valence-corrected chi connectivity index (χ4v) is 4.98. The highest BCUT2D eigenvalue weighted by molar-refractivity contribution is 8.01. The highest BCUT2D eigenvalue weighted by Gasteiger charge is 2.30. The summed E-state index contributed by atoms with van der Waals surface area (Å²) in [5, 5.41) is 13.9. The first kappa shape index (κ1) is 19.9. The second-order valence-corrected chi connectivity index (χ2v) is 8.75. The van der Waals surface area contributed by atoms with E-state index in [1.165, 1.54) is 34.2 Å². The molecular weight excluding hydrogens is 382 g/mol. The highest BCUT2D eigenvalue weighted by Crippen LogP contribution is 2.24. The Hall–Kier alpha value is -1.90. The number of carbonyl (C=O) groups excluding carboxylic acids is 1. The number of hydrogen-bond donors (Lipinski definition) is 2. The van der Waals surface area contributed by atoms with E-state index in [1.54, 1.807) is 5.38 Å². The van der Waals surface area contributed by atoms with Gasteiger partial charge in [0.1, 0.15) is 0 Å². The van der Waals surface area contributed by atoms with Gasteiger partial charge in [0.25, 0.3) is 0 Å². The summed E-state index contributed by atoms with van der Waals surface area (Å²) in [4.78, 5) is 29.1. The molecule has 1 aromatic carbocycles. The van der Waals surface area contributed by atoms with Crippen LogP contribution in [0.1, 0.15) is 34.5 Å². The van der Waals surface area contributed by atoms with Crippen LogP contribution in [0.25, 0.3) is 0 Å². The van der Waals surface area contributed by atoms with E-state index in [2.05, 4.69) is 41.5 Å². The Morgan fingerprint density at radius 3 is 3.07 bits per heavy atom. The quantitative estimate of drug-likeness (QED) is 0.624. The molecule has 0 radical (unpaired) electrons. The molecule has 1 amide bonds. The van der Waals surface area contributed by atoms with Crippen LogP contribution < -0.4 is 5.32 Å². The number of likely N-dealkylation sites (tertiary alicyclic amines) is 1. The third-order valence-corrected chi connectivity index (χ3v) is 6.51. The second-order valence-electron chi connectivity index (χ2n) is 6.55. The van der Waals surface area contributed by atoms with E-state index in [1.807, 2.05) is 4.90 Å². The molecule has 2 heterocycles. The molecule has 6 nitrogen and oxygen atoms in total. The first-order valence-corrected chi connectivity index (χ1v) is 10.8. The summed E-state index contributed by atoms with van der Waals surface area (Å²) in [6, 6.07) is 8.63. The Kier molecular flexibility index (Phi) is 6.87. The second kappa shape index (κ2) is 9.34. The van der Waals surface area contributed by atoms with E-state index >= 15 is 0 Å². The average molecular weight is 406 g/mol. The number of carboxylic acids is 1. The first-order valence-electron chi connectivity index (χ1n) is 8.90. The molecule has 0 aliphatic carbocycles. The largest absolute Gasteiger partial charge is 0.476 e. The lowest BCUT2D eigenvalue weighted by Gasteiger charge is -2.25. The van der Waals surface area contributed by atoms with Gasteiger partial charge >= 0.3 is 5.97 Å². The summed E-state index contributed by atoms with van der Waals surface area (Å²) in [5.74, 6) is -0.0944. The topological polar surface area (TPSA) is 82.5 Å². The number of rotatable bonds is 9. The minimum Gasteiger partial charge on any atom is -0.476 e. The lowest BCUT2D eigenvalue weighted by atomic mass is 10.1. The standard InChI is InChI=1S/C19H23N3O3S2/c1-13-3-2-4-14(9-13)10-20-11-15-5-6-17(23)22(15)7-8-26-19-21-16(12-27-19)18(24)25/h2-4,9,12,15,20H,5-8,10-11H2,1H3,(H,24,25). The van der Waals surface area contributed by atoms with Crippen molar-refractivity contribution in [1.82, 2.24) is 15.2 Å². The number of carbonyl (C=O) groups is 2. The van der Waals surface area contributed by atoms with Gasteiger partial charge in [0.05, 0.1) is 0 Å². The van der Waals surface area contributed by atoms with Crippen molar-refractivity contribution in [2.24, 2.45) is 0 Å². The van der Waals surface area contributed by atoms with Crippen LogP contribution in [0.5, 0.6) is 0 Å². The number of hydrogen-bond acceptors (Lipinski definition) is 6. The number of aromatic nitrogens is 1. The van der Waals surface area contributed by atoms with Crippen LogP contribution >= 0.6 is 23.1 Å². The monoisotopic (exact) mass is 405 g/mol. The summed E-state index contributed by atoms with van der Waals surface area (Å²) in [6.07, 6.45) is 1.48. The van der Waals surface area contributed by atoms with E-state index in [-0.39, 0.29) is 17.6 Å². The Morgan fingerprint density at radius 1 is 1.48 bits per heavy atom. The fourth-order valence-electron chi connectivity index (χ4n) is 3.17. The van der Waals surface area contributed by atoms with Gasteiger partial charge in [0.2, 0.25) is 5.91 Å².